The molecule has 2 N–H and O–H groups in total. The number of ether oxygens (including phenoxy) is 1. The summed E-state index contributed by atoms with van der Waals surface area (Å²) in [6.07, 6.45) is 4.99. The standard InChI is InChI=1S/C10H19NO/c1-10(4-2-9(11)6-10)8-3-5-12-7-8/h8-9H,2-7,11H2,1H3. The van der Waals surface area contributed by atoms with Gasteiger partial charge in [-0.05, 0) is 37.0 Å². The Morgan fingerprint density at radius 2 is 2.25 bits per heavy atom. The van der Waals surface area contributed by atoms with E-state index in [9.17, 15) is 0 Å². The zero-order valence-corrected chi connectivity index (χ0v) is 7.88. The highest BCUT2D eigenvalue weighted by Crippen LogP contribution is 2.46. The third-order valence-corrected chi connectivity index (χ3v) is 3.73. The topological polar surface area (TPSA) is 35.2 Å². The molecule has 2 fully saturated rings. The smallest absolute Gasteiger partial charge is 0.0500 e. The molecule has 1 saturated carbocycles. The lowest BCUT2D eigenvalue weighted by atomic mass is 9.75. The van der Waals surface area contributed by atoms with Crippen molar-refractivity contribution in [2.75, 3.05) is 13.2 Å². The summed E-state index contributed by atoms with van der Waals surface area (Å²) in [4.78, 5) is 0. The van der Waals surface area contributed by atoms with Crippen molar-refractivity contribution < 1.29 is 4.74 Å². The van der Waals surface area contributed by atoms with Gasteiger partial charge in [-0.2, -0.15) is 0 Å². The van der Waals surface area contributed by atoms with Crippen molar-refractivity contribution in [1.29, 1.82) is 0 Å². The highest BCUT2D eigenvalue weighted by atomic mass is 16.5. The minimum atomic E-state index is 0.454. The second kappa shape index (κ2) is 3.00. The van der Waals surface area contributed by atoms with E-state index in [4.69, 9.17) is 10.5 Å². The molecule has 12 heavy (non-hydrogen) atoms. The van der Waals surface area contributed by atoms with Gasteiger partial charge < -0.3 is 10.5 Å². The molecule has 1 saturated heterocycles. The Hall–Kier alpha value is -0.0800. The first-order valence-corrected chi connectivity index (χ1v) is 5.04. The summed E-state index contributed by atoms with van der Waals surface area (Å²) in [6, 6.07) is 0.454. The molecule has 3 atom stereocenters. The van der Waals surface area contributed by atoms with Crippen LogP contribution >= 0.6 is 0 Å². The van der Waals surface area contributed by atoms with E-state index in [1.54, 1.807) is 0 Å². The molecule has 2 heteroatoms. The van der Waals surface area contributed by atoms with E-state index in [-0.39, 0.29) is 0 Å². The van der Waals surface area contributed by atoms with E-state index in [0.717, 1.165) is 19.1 Å². The lowest BCUT2D eigenvalue weighted by Gasteiger charge is -2.30. The Morgan fingerprint density at radius 3 is 2.75 bits per heavy atom. The normalized spacial score (nSPS) is 48.5. The second-order valence-corrected chi connectivity index (χ2v) is 4.72. The lowest BCUT2D eigenvalue weighted by molar-refractivity contribution is 0.134. The molecule has 1 aliphatic heterocycles. The van der Waals surface area contributed by atoms with Crippen LogP contribution in [0.15, 0.2) is 0 Å². The molecule has 2 nitrogen and oxygen atoms in total. The maximum atomic E-state index is 5.94. The predicted octanol–water partition coefficient (Wildman–Crippen LogP) is 1.54. The van der Waals surface area contributed by atoms with E-state index in [2.05, 4.69) is 6.92 Å². The van der Waals surface area contributed by atoms with Crippen LogP contribution in [-0.4, -0.2) is 19.3 Å². The molecule has 3 unspecified atom stereocenters. The SMILES string of the molecule is CC1(C2CCOC2)CCC(N)C1. The predicted molar refractivity (Wildman–Crippen MR) is 48.9 cm³/mol. The molecule has 0 aromatic carbocycles. The van der Waals surface area contributed by atoms with Gasteiger partial charge in [0.15, 0.2) is 0 Å². The van der Waals surface area contributed by atoms with Gasteiger partial charge in [-0.25, -0.2) is 0 Å². The van der Waals surface area contributed by atoms with Gasteiger partial charge in [-0.15, -0.1) is 0 Å². The summed E-state index contributed by atoms with van der Waals surface area (Å²) in [6.45, 7) is 4.33. The molecule has 0 amide bonds. The molecule has 0 spiro atoms. The summed E-state index contributed by atoms with van der Waals surface area (Å²) in [5.41, 5.74) is 6.43. The first-order valence-electron chi connectivity index (χ1n) is 5.04. The highest BCUT2D eigenvalue weighted by molar-refractivity contribution is 4.93. The van der Waals surface area contributed by atoms with Gasteiger partial charge in [0.2, 0.25) is 0 Å². The summed E-state index contributed by atoms with van der Waals surface area (Å²) < 4.78 is 5.43. The van der Waals surface area contributed by atoms with Gasteiger partial charge in [-0.3, -0.25) is 0 Å². The Morgan fingerprint density at radius 1 is 1.42 bits per heavy atom. The maximum Gasteiger partial charge on any atom is 0.0500 e. The molecular weight excluding hydrogens is 150 g/mol. The first-order chi connectivity index (χ1) is 5.71. The summed E-state index contributed by atoms with van der Waals surface area (Å²) in [5, 5.41) is 0. The molecule has 0 radical (unpaired) electrons. The second-order valence-electron chi connectivity index (χ2n) is 4.72. The third-order valence-electron chi connectivity index (χ3n) is 3.73. The molecule has 0 aromatic heterocycles. The Labute approximate surface area is 74.5 Å². The number of rotatable bonds is 1. The summed E-state index contributed by atoms with van der Waals surface area (Å²) >= 11 is 0. The molecule has 2 rings (SSSR count). The van der Waals surface area contributed by atoms with Crippen LogP contribution in [0.2, 0.25) is 0 Å². The third kappa shape index (κ3) is 1.38. The lowest BCUT2D eigenvalue weighted by Crippen LogP contribution is -2.27. The van der Waals surface area contributed by atoms with Gasteiger partial charge in [0.05, 0.1) is 0 Å². The van der Waals surface area contributed by atoms with Crippen molar-refractivity contribution in [2.45, 2.75) is 38.6 Å². The Kier molecular flexibility index (Phi) is 2.13. The molecular formula is C10H19NO. The zero-order valence-electron chi connectivity index (χ0n) is 7.88. The molecule has 0 bridgehead atoms. The van der Waals surface area contributed by atoms with Crippen LogP contribution in [0.25, 0.3) is 0 Å². The maximum absolute atomic E-state index is 5.94. The highest BCUT2D eigenvalue weighted by Gasteiger charge is 2.41. The van der Waals surface area contributed by atoms with Crippen LogP contribution in [-0.2, 0) is 4.74 Å². The van der Waals surface area contributed by atoms with E-state index in [1.165, 1.54) is 25.7 Å². The fourth-order valence-corrected chi connectivity index (χ4v) is 2.77. The van der Waals surface area contributed by atoms with Crippen molar-refractivity contribution in [2.24, 2.45) is 17.1 Å². The zero-order chi connectivity index (χ0) is 8.60. The molecule has 2 aliphatic rings. The molecule has 1 heterocycles. The van der Waals surface area contributed by atoms with Crippen LogP contribution in [0.1, 0.15) is 32.6 Å². The van der Waals surface area contributed by atoms with Crippen molar-refractivity contribution >= 4 is 0 Å². The van der Waals surface area contributed by atoms with E-state index in [0.29, 0.717) is 11.5 Å². The van der Waals surface area contributed by atoms with Gasteiger partial charge >= 0.3 is 0 Å². The van der Waals surface area contributed by atoms with Crippen LogP contribution < -0.4 is 5.73 Å². The molecule has 0 aromatic rings. The monoisotopic (exact) mass is 169 g/mol. The summed E-state index contributed by atoms with van der Waals surface area (Å²) in [7, 11) is 0. The molecule has 1 aliphatic carbocycles. The van der Waals surface area contributed by atoms with E-state index < -0.39 is 0 Å². The average molecular weight is 169 g/mol. The van der Waals surface area contributed by atoms with Gasteiger partial charge in [0.25, 0.3) is 0 Å². The average Bonchev–Trinajstić information content (AvgIpc) is 2.59. The van der Waals surface area contributed by atoms with Crippen LogP contribution in [0, 0.1) is 11.3 Å². The Balaban J connectivity index is 2.00. The van der Waals surface area contributed by atoms with Gasteiger partial charge in [0, 0.05) is 19.3 Å². The fourth-order valence-electron chi connectivity index (χ4n) is 2.77. The van der Waals surface area contributed by atoms with Crippen LogP contribution in [0.3, 0.4) is 0 Å². The minimum Gasteiger partial charge on any atom is -0.381 e. The van der Waals surface area contributed by atoms with Crippen molar-refractivity contribution in [3.63, 3.8) is 0 Å². The van der Waals surface area contributed by atoms with Gasteiger partial charge in [-0.1, -0.05) is 6.92 Å². The number of hydrogen-bond donors (Lipinski definition) is 1. The quantitative estimate of drug-likeness (QED) is 0.646. The van der Waals surface area contributed by atoms with E-state index in [1.807, 2.05) is 0 Å². The number of nitrogens with two attached hydrogens (primary N) is 1. The Bertz CT molecular complexity index is 165. The minimum absolute atomic E-state index is 0.454. The van der Waals surface area contributed by atoms with Crippen LogP contribution in [0.4, 0.5) is 0 Å². The van der Waals surface area contributed by atoms with E-state index >= 15 is 0 Å². The largest absolute Gasteiger partial charge is 0.381 e. The van der Waals surface area contributed by atoms with Crippen molar-refractivity contribution in [3.05, 3.63) is 0 Å². The molecule has 70 valence electrons. The van der Waals surface area contributed by atoms with Crippen molar-refractivity contribution in [1.82, 2.24) is 0 Å². The fraction of sp³-hybridized carbons (Fsp3) is 1.00. The van der Waals surface area contributed by atoms with Crippen molar-refractivity contribution in [3.8, 4) is 0 Å². The van der Waals surface area contributed by atoms with Crippen LogP contribution in [0.5, 0.6) is 0 Å². The first kappa shape index (κ1) is 8.52. The summed E-state index contributed by atoms with van der Waals surface area (Å²) in [5.74, 6) is 0.783. The number of hydrogen-bond acceptors (Lipinski definition) is 2. The van der Waals surface area contributed by atoms with Gasteiger partial charge in [0.1, 0.15) is 0 Å².